The Balaban J connectivity index is 1.43. The Morgan fingerprint density at radius 1 is 1.11 bits per heavy atom. The molecule has 1 saturated heterocycles. The van der Waals surface area contributed by atoms with Crippen LogP contribution in [-0.2, 0) is 4.74 Å². The van der Waals surface area contributed by atoms with Crippen LogP contribution in [0, 0.1) is 0 Å². The van der Waals surface area contributed by atoms with Crippen LogP contribution in [0.2, 0.25) is 0 Å². The molecule has 28 heavy (non-hydrogen) atoms. The van der Waals surface area contributed by atoms with Gasteiger partial charge < -0.3 is 15.2 Å². The van der Waals surface area contributed by atoms with Crippen LogP contribution < -0.4 is 10.5 Å². The second-order valence-electron chi connectivity index (χ2n) is 6.91. The summed E-state index contributed by atoms with van der Waals surface area (Å²) in [5.74, 6) is 0.901. The number of rotatable bonds is 5. The number of hydrogen-bond acceptors (Lipinski definition) is 6. The first-order chi connectivity index (χ1) is 13.8. The van der Waals surface area contributed by atoms with E-state index in [4.69, 9.17) is 20.2 Å². The summed E-state index contributed by atoms with van der Waals surface area (Å²) >= 11 is 1.68. The Labute approximate surface area is 167 Å². The first-order valence-electron chi connectivity index (χ1n) is 9.47. The zero-order valence-corrected chi connectivity index (χ0v) is 16.3. The monoisotopic (exact) mass is 394 g/mol. The molecule has 0 amide bonds. The van der Waals surface area contributed by atoms with E-state index < -0.39 is 0 Å². The van der Waals surface area contributed by atoms with E-state index in [1.54, 1.807) is 11.3 Å². The normalized spacial score (nSPS) is 15.4. The van der Waals surface area contributed by atoms with Crippen molar-refractivity contribution in [3.05, 3.63) is 48.7 Å². The van der Waals surface area contributed by atoms with Gasteiger partial charge in [0.1, 0.15) is 17.9 Å². The Kier molecular flexibility index (Phi) is 4.64. The number of para-hydroxylation sites is 1. The van der Waals surface area contributed by atoms with Crippen LogP contribution in [0.15, 0.2) is 48.7 Å². The van der Waals surface area contributed by atoms with Gasteiger partial charge in [-0.2, -0.15) is 0 Å². The predicted molar refractivity (Wildman–Crippen MR) is 113 cm³/mol. The molecule has 2 aromatic heterocycles. The van der Waals surface area contributed by atoms with Crippen LogP contribution in [0.1, 0.15) is 0 Å². The largest absolute Gasteiger partial charge is 0.490 e. The van der Waals surface area contributed by atoms with Gasteiger partial charge in [-0.1, -0.05) is 29.5 Å². The van der Waals surface area contributed by atoms with Crippen molar-refractivity contribution in [1.82, 2.24) is 14.3 Å². The second kappa shape index (κ2) is 7.43. The molecule has 3 heterocycles. The van der Waals surface area contributed by atoms with Gasteiger partial charge >= 0.3 is 0 Å². The Hall–Kier alpha value is -2.61. The van der Waals surface area contributed by atoms with Crippen LogP contribution in [0.4, 0.5) is 5.69 Å². The fourth-order valence-corrected chi connectivity index (χ4v) is 4.56. The Morgan fingerprint density at radius 3 is 2.75 bits per heavy atom. The van der Waals surface area contributed by atoms with Gasteiger partial charge in [-0.15, -0.1) is 0 Å². The van der Waals surface area contributed by atoms with Gasteiger partial charge in [-0.3, -0.25) is 9.30 Å². The molecule has 0 atom stereocenters. The van der Waals surface area contributed by atoms with Gasteiger partial charge in [-0.25, -0.2) is 4.98 Å². The number of benzene rings is 2. The maximum absolute atomic E-state index is 6.18. The SMILES string of the molecule is Nc1ccc(-c2cn3c(n2)sc2cccc(OCCN4CCOCC4)c23)cc1. The molecular formula is C21H22N4O2S. The number of imidazole rings is 1. The molecular weight excluding hydrogens is 372 g/mol. The maximum atomic E-state index is 6.18. The highest BCUT2D eigenvalue weighted by atomic mass is 32.1. The lowest BCUT2D eigenvalue weighted by molar-refractivity contribution is 0.0323. The van der Waals surface area contributed by atoms with Crippen LogP contribution in [0.3, 0.4) is 0 Å². The van der Waals surface area contributed by atoms with Crippen molar-refractivity contribution in [3.63, 3.8) is 0 Å². The molecule has 7 heteroatoms. The van der Waals surface area contributed by atoms with Crippen molar-refractivity contribution in [2.24, 2.45) is 0 Å². The third kappa shape index (κ3) is 3.32. The van der Waals surface area contributed by atoms with Crippen molar-refractivity contribution in [3.8, 4) is 17.0 Å². The predicted octanol–water partition coefficient (Wildman–Crippen LogP) is 3.51. The molecule has 0 radical (unpaired) electrons. The molecule has 6 nitrogen and oxygen atoms in total. The van der Waals surface area contributed by atoms with Gasteiger partial charge in [0.05, 0.1) is 23.6 Å². The topological polar surface area (TPSA) is 65.0 Å². The number of nitrogen functional groups attached to an aromatic ring is 1. The van der Waals surface area contributed by atoms with Crippen LogP contribution in [0.25, 0.3) is 26.4 Å². The summed E-state index contributed by atoms with van der Waals surface area (Å²) in [4.78, 5) is 8.15. The number of morpholine rings is 1. The number of ether oxygens (including phenoxy) is 2. The van der Waals surface area contributed by atoms with E-state index in [2.05, 4.69) is 21.6 Å². The summed E-state index contributed by atoms with van der Waals surface area (Å²) in [6.45, 7) is 5.14. The Morgan fingerprint density at radius 2 is 1.93 bits per heavy atom. The molecule has 2 aromatic carbocycles. The fraction of sp³-hybridized carbons (Fsp3) is 0.286. The molecule has 0 aliphatic carbocycles. The summed E-state index contributed by atoms with van der Waals surface area (Å²) in [6, 6.07) is 14.0. The summed E-state index contributed by atoms with van der Waals surface area (Å²) in [5.41, 5.74) is 9.64. The minimum atomic E-state index is 0.663. The molecule has 2 N–H and O–H groups in total. The second-order valence-corrected chi connectivity index (χ2v) is 7.92. The molecule has 1 aliphatic heterocycles. The van der Waals surface area contributed by atoms with E-state index >= 15 is 0 Å². The number of anilines is 1. The van der Waals surface area contributed by atoms with Gasteiger partial charge in [0.15, 0.2) is 4.96 Å². The lowest BCUT2D eigenvalue weighted by Crippen LogP contribution is -2.38. The van der Waals surface area contributed by atoms with Crippen molar-refractivity contribution < 1.29 is 9.47 Å². The van der Waals surface area contributed by atoms with Gasteiger partial charge in [0, 0.05) is 37.1 Å². The molecule has 0 spiro atoms. The van der Waals surface area contributed by atoms with E-state index in [0.29, 0.717) is 6.61 Å². The minimum absolute atomic E-state index is 0.663. The number of aromatic nitrogens is 2. The third-order valence-electron chi connectivity index (χ3n) is 5.05. The summed E-state index contributed by atoms with van der Waals surface area (Å²) in [5, 5.41) is 0. The lowest BCUT2D eigenvalue weighted by Gasteiger charge is -2.26. The summed E-state index contributed by atoms with van der Waals surface area (Å²) < 4.78 is 14.9. The van der Waals surface area contributed by atoms with E-state index in [1.807, 2.05) is 36.4 Å². The van der Waals surface area contributed by atoms with E-state index in [-0.39, 0.29) is 0 Å². The Bertz CT molecular complexity index is 1100. The van der Waals surface area contributed by atoms with E-state index in [1.165, 1.54) is 4.70 Å². The summed E-state index contributed by atoms with van der Waals surface area (Å²) in [7, 11) is 0. The third-order valence-corrected chi connectivity index (χ3v) is 6.07. The number of fused-ring (bicyclic) bond motifs is 3. The molecule has 0 unspecified atom stereocenters. The fourth-order valence-electron chi connectivity index (χ4n) is 3.53. The minimum Gasteiger partial charge on any atom is -0.490 e. The van der Waals surface area contributed by atoms with Gasteiger partial charge in [0.2, 0.25) is 0 Å². The zero-order chi connectivity index (χ0) is 18.9. The van der Waals surface area contributed by atoms with Crippen molar-refractivity contribution in [1.29, 1.82) is 0 Å². The van der Waals surface area contributed by atoms with Gasteiger partial charge in [-0.05, 0) is 24.3 Å². The van der Waals surface area contributed by atoms with Crippen molar-refractivity contribution in [2.45, 2.75) is 0 Å². The van der Waals surface area contributed by atoms with Crippen molar-refractivity contribution in [2.75, 3.05) is 45.2 Å². The zero-order valence-electron chi connectivity index (χ0n) is 15.5. The highest BCUT2D eigenvalue weighted by Crippen LogP contribution is 2.34. The van der Waals surface area contributed by atoms with Crippen molar-refractivity contribution >= 4 is 32.2 Å². The van der Waals surface area contributed by atoms with Crippen LogP contribution in [0.5, 0.6) is 5.75 Å². The first kappa shape index (κ1) is 17.5. The maximum Gasteiger partial charge on any atom is 0.195 e. The lowest BCUT2D eigenvalue weighted by atomic mass is 10.1. The smallest absolute Gasteiger partial charge is 0.195 e. The molecule has 4 aromatic rings. The quantitative estimate of drug-likeness (QED) is 0.525. The number of nitrogens with two attached hydrogens (primary N) is 1. The highest BCUT2D eigenvalue weighted by Gasteiger charge is 2.15. The first-order valence-corrected chi connectivity index (χ1v) is 10.3. The van der Waals surface area contributed by atoms with Crippen LogP contribution >= 0.6 is 11.3 Å². The standard InChI is InChI=1S/C21H22N4O2S/c22-16-6-4-15(5-7-16)17-14-25-20-18(2-1-3-19(20)28-21(25)23-17)27-13-10-24-8-11-26-12-9-24/h1-7,14H,8-13,22H2. The van der Waals surface area contributed by atoms with E-state index in [9.17, 15) is 0 Å². The van der Waals surface area contributed by atoms with Gasteiger partial charge in [0.25, 0.3) is 0 Å². The summed E-state index contributed by atoms with van der Waals surface area (Å²) in [6.07, 6.45) is 2.08. The molecule has 0 saturated carbocycles. The number of hydrogen-bond donors (Lipinski definition) is 1. The molecule has 1 fully saturated rings. The molecule has 144 valence electrons. The average Bonchev–Trinajstić information content (AvgIpc) is 3.27. The number of nitrogens with zero attached hydrogens (tertiary/aromatic N) is 3. The van der Waals surface area contributed by atoms with Crippen LogP contribution in [-0.4, -0.2) is 53.7 Å². The molecule has 5 rings (SSSR count). The molecule has 1 aliphatic rings. The number of thiazole rings is 1. The van der Waals surface area contributed by atoms with E-state index in [0.717, 1.165) is 66.0 Å². The molecule has 0 bridgehead atoms. The highest BCUT2D eigenvalue weighted by molar-refractivity contribution is 7.23. The average molecular weight is 395 g/mol.